The number of rotatable bonds is 6. The molecule has 194 valence electrons. The number of fused-ring (bicyclic) bond motifs is 2. The van der Waals surface area contributed by atoms with Gasteiger partial charge in [-0.2, -0.15) is 9.78 Å². The van der Waals surface area contributed by atoms with E-state index in [4.69, 9.17) is 19.2 Å². The maximum atomic E-state index is 13.5. The maximum absolute atomic E-state index is 13.5. The average molecular weight is 579 g/mol. The lowest BCUT2D eigenvalue weighted by atomic mass is 9.95. The molecule has 0 saturated heterocycles. The van der Waals surface area contributed by atoms with E-state index in [0.717, 1.165) is 10.0 Å². The van der Waals surface area contributed by atoms with E-state index < -0.39 is 10.3 Å². The Labute approximate surface area is 225 Å². The number of halogens is 1. The third-order valence-electron chi connectivity index (χ3n) is 5.83. The molecule has 0 radical (unpaired) electrons. The highest BCUT2D eigenvalue weighted by atomic mass is 79.9. The van der Waals surface area contributed by atoms with Gasteiger partial charge < -0.3 is 14.2 Å². The van der Waals surface area contributed by atoms with Crippen LogP contribution < -0.4 is 19.8 Å². The van der Waals surface area contributed by atoms with Crippen LogP contribution in [-0.4, -0.2) is 27.6 Å². The highest BCUT2D eigenvalue weighted by Crippen LogP contribution is 2.33. The van der Waals surface area contributed by atoms with Crippen LogP contribution in [0.5, 0.6) is 17.2 Å². The number of aromatic nitrogens is 2. The van der Waals surface area contributed by atoms with E-state index in [1.54, 1.807) is 18.2 Å². The maximum Gasteiger partial charge on any atom is 0.282 e. The molecule has 5 rings (SSSR count). The third-order valence-corrected chi connectivity index (χ3v) is 6.32. The second-order valence-electron chi connectivity index (χ2n) is 9.66. The standard InChI is InChI=1S/C27H23BrN4O6/c1-27(2,3)26-30-21-7-5-18(28)12-20(21)25(33)31(26)29-13-17-11-19(32(34)35)6-9-22(17)36-14-16-4-8-23-24(10-16)38-15-37-23/h4-13H,14-15H2,1-3H3. The first-order valence-corrected chi connectivity index (χ1v) is 12.5. The fraction of sp³-hybridized carbons (Fsp3) is 0.222. The molecule has 4 aromatic rings. The van der Waals surface area contributed by atoms with Crippen LogP contribution in [0.4, 0.5) is 5.69 Å². The molecule has 0 aliphatic carbocycles. The summed E-state index contributed by atoms with van der Waals surface area (Å²) in [5.41, 5.74) is 0.709. The second kappa shape index (κ2) is 9.90. The molecule has 0 saturated carbocycles. The first kappa shape index (κ1) is 25.4. The van der Waals surface area contributed by atoms with Crippen LogP contribution in [0.1, 0.15) is 37.7 Å². The number of ether oxygens (including phenoxy) is 3. The monoisotopic (exact) mass is 578 g/mol. The molecule has 0 amide bonds. The Kier molecular flexibility index (Phi) is 6.62. The normalized spacial score (nSPS) is 12.8. The number of nitro benzene ring substituents is 1. The molecule has 0 unspecified atom stereocenters. The zero-order chi connectivity index (χ0) is 27.0. The number of hydrogen-bond donors (Lipinski definition) is 0. The van der Waals surface area contributed by atoms with Crippen molar-refractivity contribution in [2.24, 2.45) is 5.10 Å². The van der Waals surface area contributed by atoms with Crippen LogP contribution in [0.3, 0.4) is 0 Å². The Morgan fingerprint density at radius 3 is 2.68 bits per heavy atom. The average Bonchev–Trinajstić information content (AvgIpc) is 3.34. The van der Waals surface area contributed by atoms with E-state index in [0.29, 0.717) is 39.5 Å². The molecular weight excluding hydrogens is 556 g/mol. The molecule has 2 heterocycles. The quantitative estimate of drug-likeness (QED) is 0.167. The van der Waals surface area contributed by atoms with Gasteiger partial charge in [0, 0.05) is 27.6 Å². The molecule has 1 aromatic heterocycles. The number of hydrogen-bond acceptors (Lipinski definition) is 8. The highest BCUT2D eigenvalue weighted by Gasteiger charge is 2.23. The molecule has 10 nitrogen and oxygen atoms in total. The predicted octanol–water partition coefficient (Wildman–Crippen LogP) is 5.55. The van der Waals surface area contributed by atoms with Crippen LogP contribution >= 0.6 is 15.9 Å². The fourth-order valence-electron chi connectivity index (χ4n) is 3.93. The van der Waals surface area contributed by atoms with Crippen molar-refractivity contribution in [3.63, 3.8) is 0 Å². The van der Waals surface area contributed by atoms with Crippen LogP contribution in [0.15, 0.2) is 69.0 Å². The van der Waals surface area contributed by atoms with Crippen LogP contribution in [-0.2, 0) is 12.0 Å². The summed E-state index contributed by atoms with van der Waals surface area (Å²) in [5, 5.41) is 16.3. The molecule has 0 atom stereocenters. The summed E-state index contributed by atoms with van der Waals surface area (Å²) in [6.07, 6.45) is 1.38. The molecule has 0 spiro atoms. The smallest absolute Gasteiger partial charge is 0.282 e. The number of benzene rings is 3. The lowest BCUT2D eigenvalue weighted by Crippen LogP contribution is -2.29. The summed E-state index contributed by atoms with van der Waals surface area (Å²) < 4.78 is 18.7. The Morgan fingerprint density at radius 1 is 1.13 bits per heavy atom. The van der Waals surface area contributed by atoms with Crippen LogP contribution in [0.25, 0.3) is 10.9 Å². The third kappa shape index (κ3) is 5.10. The molecule has 1 aliphatic heterocycles. The van der Waals surface area contributed by atoms with Gasteiger partial charge in [-0.05, 0) is 42.0 Å². The Hall–Kier alpha value is -4.25. The highest BCUT2D eigenvalue weighted by molar-refractivity contribution is 9.10. The number of nitrogens with zero attached hydrogens (tertiary/aromatic N) is 4. The molecular formula is C27H23BrN4O6. The molecule has 38 heavy (non-hydrogen) atoms. The summed E-state index contributed by atoms with van der Waals surface area (Å²) in [6.45, 7) is 6.13. The van der Waals surface area contributed by atoms with Gasteiger partial charge in [0.15, 0.2) is 11.5 Å². The van der Waals surface area contributed by atoms with Crippen LogP contribution in [0, 0.1) is 10.1 Å². The Bertz CT molecular complexity index is 1660. The van der Waals surface area contributed by atoms with Gasteiger partial charge in [0.05, 0.1) is 22.0 Å². The lowest BCUT2D eigenvalue weighted by Gasteiger charge is -2.21. The summed E-state index contributed by atoms with van der Waals surface area (Å²) in [5.74, 6) is 2.09. The SMILES string of the molecule is CC(C)(C)c1nc2ccc(Br)cc2c(=O)n1N=Cc1cc([N+](=O)[O-])ccc1OCc1ccc2c(c1)OCO2. The molecule has 0 N–H and O–H groups in total. The summed E-state index contributed by atoms with van der Waals surface area (Å²) in [4.78, 5) is 29.1. The zero-order valence-electron chi connectivity index (χ0n) is 20.8. The van der Waals surface area contributed by atoms with E-state index in [-0.39, 0.29) is 24.6 Å². The number of nitro groups is 1. The minimum absolute atomic E-state index is 0.133. The topological polar surface area (TPSA) is 118 Å². The van der Waals surface area contributed by atoms with Crippen molar-refractivity contribution in [2.75, 3.05) is 6.79 Å². The molecule has 3 aromatic carbocycles. The summed E-state index contributed by atoms with van der Waals surface area (Å²) in [6, 6.07) is 15.0. The van der Waals surface area contributed by atoms with Gasteiger partial charge in [-0.15, -0.1) is 0 Å². The van der Waals surface area contributed by atoms with Gasteiger partial charge in [-0.3, -0.25) is 14.9 Å². The zero-order valence-corrected chi connectivity index (χ0v) is 22.4. The van der Waals surface area contributed by atoms with Gasteiger partial charge in [0.2, 0.25) is 6.79 Å². The largest absolute Gasteiger partial charge is 0.488 e. The molecule has 0 fully saturated rings. The molecule has 11 heteroatoms. The van der Waals surface area contributed by atoms with E-state index in [1.165, 1.54) is 29.1 Å². The van der Waals surface area contributed by atoms with E-state index >= 15 is 0 Å². The summed E-state index contributed by atoms with van der Waals surface area (Å²) >= 11 is 3.40. The van der Waals surface area contributed by atoms with Crippen molar-refractivity contribution in [3.8, 4) is 17.2 Å². The van der Waals surface area contributed by atoms with Crippen LogP contribution in [0.2, 0.25) is 0 Å². The minimum Gasteiger partial charge on any atom is -0.488 e. The van der Waals surface area contributed by atoms with Crippen molar-refractivity contribution in [3.05, 3.63) is 96.5 Å². The molecule has 1 aliphatic rings. The Morgan fingerprint density at radius 2 is 1.92 bits per heavy atom. The first-order valence-electron chi connectivity index (χ1n) is 11.7. The predicted molar refractivity (Wildman–Crippen MR) is 145 cm³/mol. The summed E-state index contributed by atoms with van der Waals surface area (Å²) in [7, 11) is 0. The lowest BCUT2D eigenvalue weighted by molar-refractivity contribution is -0.384. The van der Waals surface area contributed by atoms with E-state index in [1.807, 2.05) is 39.0 Å². The minimum atomic E-state index is -0.515. The molecule has 0 bridgehead atoms. The van der Waals surface area contributed by atoms with Gasteiger partial charge >= 0.3 is 0 Å². The van der Waals surface area contributed by atoms with Crippen molar-refractivity contribution in [2.45, 2.75) is 32.8 Å². The van der Waals surface area contributed by atoms with Crippen molar-refractivity contribution < 1.29 is 19.1 Å². The van der Waals surface area contributed by atoms with E-state index in [2.05, 4.69) is 21.0 Å². The number of non-ortho nitro benzene ring substituents is 1. The van der Waals surface area contributed by atoms with E-state index in [9.17, 15) is 14.9 Å². The van der Waals surface area contributed by atoms with Gasteiger partial charge in [-0.25, -0.2) is 4.98 Å². The van der Waals surface area contributed by atoms with Crippen molar-refractivity contribution in [1.82, 2.24) is 9.66 Å². The van der Waals surface area contributed by atoms with Crippen molar-refractivity contribution >= 4 is 38.7 Å². The second-order valence-corrected chi connectivity index (χ2v) is 10.6. The van der Waals surface area contributed by atoms with Gasteiger partial charge in [0.25, 0.3) is 11.2 Å². The van der Waals surface area contributed by atoms with Gasteiger partial charge in [-0.1, -0.05) is 42.8 Å². The van der Waals surface area contributed by atoms with Gasteiger partial charge in [0.1, 0.15) is 18.2 Å². The Balaban J connectivity index is 1.54. The van der Waals surface area contributed by atoms with Crippen molar-refractivity contribution in [1.29, 1.82) is 0 Å². The first-order chi connectivity index (χ1) is 18.1. The fourth-order valence-corrected chi connectivity index (χ4v) is 4.30.